The summed E-state index contributed by atoms with van der Waals surface area (Å²) >= 11 is 0. The molecule has 0 fully saturated rings. The lowest BCUT2D eigenvalue weighted by atomic mass is 9.96. The third-order valence-corrected chi connectivity index (χ3v) is 3.02. The average Bonchev–Trinajstić information content (AvgIpc) is 2.80. The van der Waals surface area contributed by atoms with Gasteiger partial charge in [-0.1, -0.05) is 6.07 Å². The number of hydrogen-bond acceptors (Lipinski definition) is 5. The summed E-state index contributed by atoms with van der Waals surface area (Å²) in [7, 11) is 0. The summed E-state index contributed by atoms with van der Waals surface area (Å²) < 4.78 is 5.05. The van der Waals surface area contributed by atoms with Crippen LogP contribution >= 0.6 is 0 Å². The normalized spacial score (nSPS) is 12.7. The van der Waals surface area contributed by atoms with Crippen LogP contribution in [0.25, 0.3) is 11.1 Å². The van der Waals surface area contributed by atoms with Crippen molar-refractivity contribution in [1.82, 2.24) is 15.0 Å². The molecule has 0 amide bonds. The van der Waals surface area contributed by atoms with Crippen LogP contribution in [0.4, 0.5) is 0 Å². The first kappa shape index (κ1) is 11.6. The topological polar surface area (TPSA) is 97.8 Å². The molecule has 0 aliphatic rings. The molecule has 0 saturated heterocycles. The molecule has 96 valence electrons. The van der Waals surface area contributed by atoms with E-state index in [4.69, 9.17) is 10.2 Å². The van der Waals surface area contributed by atoms with Gasteiger partial charge in [0.05, 0.1) is 11.2 Å². The minimum atomic E-state index is -0.462. The minimum absolute atomic E-state index is 0.0710. The van der Waals surface area contributed by atoms with E-state index in [0.717, 1.165) is 11.3 Å². The molecule has 1 unspecified atom stereocenters. The van der Waals surface area contributed by atoms with Crippen molar-refractivity contribution < 1.29 is 4.42 Å². The third-order valence-electron chi connectivity index (χ3n) is 3.02. The Hall–Kier alpha value is -2.47. The van der Waals surface area contributed by atoms with Crippen molar-refractivity contribution >= 4 is 11.1 Å². The Bertz CT molecular complexity index is 748. The van der Waals surface area contributed by atoms with E-state index < -0.39 is 5.76 Å². The maximum absolute atomic E-state index is 11.1. The van der Waals surface area contributed by atoms with Crippen LogP contribution in [-0.2, 0) is 0 Å². The molecule has 0 aliphatic carbocycles. The molecule has 3 aromatic rings. The number of benzene rings is 1. The van der Waals surface area contributed by atoms with E-state index in [1.165, 1.54) is 0 Å². The van der Waals surface area contributed by atoms with Crippen LogP contribution in [0, 0.1) is 0 Å². The van der Waals surface area contributed by atoms with E-state index in [1.807, 2.05) is 6.07 Å². The highest BCUT2D eigenvalue weighted by Gasteiger charge is 2.15. The summed E-state index contributed by atoms with van der Waals surface area (Å²) in [6, 6.07) is 5.51. The van der Waals surface area contributed by atoms with E-state index >= 15 is 0 Å². The molecule has 2 aromatic heterocycles. The van der Waals surface area contributed by atoms with Crippen molar-refractivity contribution in [3.05, 3.63) is 58.6 Å². The first-order valence-corrected chi connectivity index (χ1v) is 5.86. The molecule has 6 heteroatoms. The van der Waals surface area contributed by atoms with Gasteiger partial charge in [0, 0.05) is 31.1 Å². The zero-order chi connectivity index (χ0) is 13.2. The van der Waals surface area contributed by atoms with Gasteiger partial charge in [-0.2, -0.15) is 0 Å². The number of nitrogens with zero attached hydrogens (tertiary/aromatic N) is 2. The Balaban J connectivity index is 2.08. The smallest absolute Gasteiger partial charge is 0.408 e. The Kier molecular flexibility index (Phi) is 2.85. The Morgan fingerprint density at radius 1 is 1.37 bits per heavy atom. The molecular weight excluding hydrogens is 244 g/mol. The maximum atomic E-state index is 11.1. The van der Waals surface area contributed by atoms with E-state index in [2.05, 4.69) is 15.0 Å². The summed E-state index contributed by atoms with van der Waals surface area (Å²) in [6.07, 6.45) is 4.94. The van der Waals surface area contributed by atoms with Crippen LogP contribution in [0.2, 0.25) is 0 Å². The molecule has 0 bridgehead atoms. The number of hydrogen-bond donors (Lipinski definition) is 2. The number of fused-ring (bicyclic) bond motifs is 1. The van der Waals surface area contributed by atoms with Crippen LogP contribution in [0.5, 0.6) is 0 Å². The predicted octanol–water partition coefficient (Wildman–Crippen LogP) is 1.00. The number of oxazole rings is 1. The summed E-state index contributed by atoms with van der Waals surface area (Å²) in [5.41, 5.74) is 8.74. The maximum Gasteiger partial charge on any atom is 0.417 e. The highest BCUT2D eigenvalue weighted by Crippen LogP contribution is 2.24. The van der Waals surface area contributed by atoms with Gasteiger partial charge < -0.3 is 10.2 Å². The van der Waals surface area contributed by atoms with Gasteiger partial charge in [-0.3, -0.25) is 15.0 Å². The minimum Gasteiger partial charge on any atom is -0.408 e. The van der Waals surface area contributed by atoms with Gasteiger partial charge >= 0.3 is 5.76 Å². The first-order valence-electron chi connectivity index (χ1n) is 5.86. The lowest BCUT2D eigenvalue weighted by Crippen LogP contribution is -2.15. The predicted molar refractivity (Wildman–Crippen MR) is 69.8 cm³/mol. The molecule has 6 nitrogen and oxygen atoms in total. The molecular formula is C13H12N4O2. The number of nitrogens with one attached hydrogen (secondary N) is 1. The third kappa shape index (κ3) is 2.13. The van der Waals surface area contributed by atoms with Crippen LogP contribution < -0.4 is 11.5 Å². The number of aromatic nitrogens is 3. The van der Waals surface area contributed by atoms with Crippen molar-refractivity contribution in [1.29, 1.82) is 0 Å². The zero-order valence-corrected chi connectivity index (χ0v) is 10.0. The van der Waals surface area contributed by atoms with Crippen LogP contribution in [-0.4, -0.2) is 21.5 Å². The largest absolute Gasteiger partial charge is 0.417 e. The molecule has 0 radical (unpaired) electrons. The second-order valence-corrected chi connectivity index (χ2v) is 4.19. The van der Waals surface area contributed by atoms with E-state index in [-0.39, 0.29) is 5.92 Å². The number of nitrogens with two attached hydrogens (primary N) is 1. The molecule has 3 N–H and O–H groups in total. The van der Waals surface area contributed by atoms with Crippen LogP contribution in [0.3, 0.4) is 0 Å². The summed E-state index contributed by atoms with van der Waals surface area (Å²) in [5, 5.41) is 0. The van der Waals surface area contributed by atoms with Gasteiger partial charge in [-0.25, -0.2) is 4.79 Å². The molecule has 2 heterocycles. The van der Waals surface area contributed by atoms with Crippen LogP contribution in [0.15, 0.2) is 46.0 Å². The highest BCUT2D eigenvalue weighted by molar-refractivity contribution is 5.73. The first-order chi connectivity index (χ1) is 9.28. The Morgan fingerprint density at radius 2 is 2.26 bits per heavy atom. The monoisotopic (exact) mass is 256 g/mol. The number of H-pyrrole nitrogens is 1. The second kappa shape index (κ2) is 4.66. The number of aromatic amines is 1. The molecule has 0 saturated carbocycles. The van der Waals surface area contributed by atoms with E-state index in [0.29, 0.717) is 17.6 Å². The van der Waals surface area contributed by atoms with Crippen molar-refractivity contribution in [3.8, 4) is 0 Å². The SMILES string of the molecule is NCC(c1ccc2[nH]c(=O)oc2c1)c1cnccn1. The molecule has 19 heavy (non-hydrogen) atoms. The van der Waals surface area contributed by atoms with Crippen LogP contribution in [0.1, 0.15) is 17.2 Å². The molecule has 1 aromatic carbocycles. The summed E-state index contributed by atoms with van der Waals surface area (Å²) in [5.74, 6) is -0.533. The summed E-state index contributed by atoms with van der Waals surface area (Å²) in [4.78, 5) is 22.1. The molecule has 3 rings (SSSR count). The number of rotatable bonds is 3. The average molecular weight is 256 g/mol. The highest BCUT2D eigenvalue weighted by atomic mass is 16.4. The quantitative estimate of drug-likeness (QED) is 0.728. The fourth-order valence-corrected chi connectivity index (χ4v) is 2.10. The van der Waals surface area contributed by atoms with Gasteiger partial charge in [0.15, 0.2) is 5.58 Å². The van der Waals surface area contributed by atoms with Gasteiger partial charge in [0.25, 0.3) is 0 Å². The van der Waals surface area contributed by atoms with Gasteiger partial charge in [0.2, 0.25) is 0 Å². The van der Waals surface area contributed by atoms with Crippen molar-refractivity contribution in [2.45, 2.75) is 5.92 Å². The fraction of sp³-hybridized carbons (Fsp3) is 0.154. The fourth-order valence-electron chi connectivity index (χ4n) is 2.10. The lowest BCUT2D eigenvalue weighted by Gasteiger charge is -2.13. The lowest BCUT2D eigenvalue weighted by molar-refractivity contribution is 0.554. The standard InChI is InChI=1S/C13H12N4O2/c14-6-9(11-7-15-3-4-16-11)8-1-2-10-12(5-8)19-13(18)17-10/h1-5,7,9H,6,14H2,(H,17,18). The summed E-state index contributed by atoms with van der Waals surface area (Å²) in [6.45, 7) is 0.402. The Labute approximate surface area is 108 Å². The van der Waals surface area contributed by atoms with E-state index in [1.54, 1.807) is 30.7 Å². The van der Waals surface area contributed by atoms with Crippen molar-refractivity contribution in [3.63, 3.8) is 0 Å². The van der Waals surface area contributed by atoms with Gasteiger partial charge in [-0.05, 0) is 17.7 Å². The zero-order valence-electron chi connectivity index (χ0n) is 10.0. The van der Waals surface area contributed by atoms with E-state index in [9.17, 15) is 4.79 Å². The molecule has 1 atom stereocenters. The molecule has 0 spiro atoms. The van der Waals surface area contributed by atoms with Gasteiger partial charge in [0.1, 0.15) is 0 Å². The van der Waals surface area contributed by atoms with Gasteiger partial charge in [-0.15, -0.1) is 0 Å². The van der Waals surface area contributed by atoms with Crippen molar-refractivity contribution in [2.75, 3.05) is 6.54 Å². The van der Waals surface area contributed by atoms with Crippen molar-refractivity contribution in [2.24, 2.45) is 5.73 Å². The second-order valence-electron chi connectivity index (χ2n) is 4.19. The molecule has 0 aliphatic heterocycles. The Morgan fingerprint density at radius 3 is 3.00 bits per heavy atom.